The van der Waals surface area contributed by atoms with Crippen LogP contribution in [0.15, 0.2) is 18.2 Å². The van der Waals surface area contributed by atoms with E-state index < -0.39 is 0 Å². The number of benzene rings is 1. The smallest absolute Gasteiger partial charge is 0.252 e. The van der Waals surface area contributed by atoms with E-state index in [1.165, 1.54) is 12.8 Å². The van der Waals surface area contributed by atoms with Gasteiger partial charge in [-0.3, -0.25) is 4.79 Å². The van der Waals surface area contributed by atoms with Crippen LogP contribution < -0.4 is 5.32 Å². The van der Waals surface area contributed by atoms with E-state index in [0.717, 1.165) is 26.6 Å². The first kappa shape index (κ1) is 13.3. The zero-order chi connectivity index (χ0) is 12.5. The number of carbonyl (C=O) groups excluding carboxylic acids is 1. The molecule has 0 aromatic heterocycles. The normalized spacial score (nSPS) is 16.6. The summed E-state index contributed by atoms with van der Waals surface area (Å²) in [6, 6.07) is 5.85. The Morgan fingerprint density at radius 3 is 2.82 bits per heavy atom. The lowest BCUT2D eigenvalue weighted by Crippen LogP contribution is -2.31. The predicted octanol–water partition coefficient (Wildman–Crippen LogP) is 3.50. The van der Waals surface area contributed by atoms with Gasteiger partial charge in [0.1, 0.15) is 0 Å². The van der Waals surface area contributed by atoms with Gasteiger partial charge in [0.15, 0.2) is 0 Å². The first-order valence-corrected chi connectivity index (χ1v) is 7.87. The van der Waals surface area contributed by atoms with Gasteiger partial charge in [0.05, 0.1) is 5.56 Å². The van der Waals surface area contributed by atoms with Crippen molar-refractivity contribution in [2.75, 3.05) is 11.9 Å². The largest absolute Gasteiger partial charge is 0.351 e. The van der Waals surface area contributed by atoms with E-state index in [1.807, 2.05) is 25.1 Å². The molecule has 0 aliphatic heterocycles. The molecular weight excluding hydrogens is 393 g/mol. The number of amides is 1. The minimum atomic E-state index is 0.0466. The summed E-state index contributed by atoms with van der Waals surface area (Å²) in [7, 11) is 0. The second kappa shape index (κ2) is 5.26. The van der Waals surface area contributed by atoms with Gasteiger partial charge in [-0.05, 0) is 59.4 Å². The molecule has 0 radical (unpaired) electrons. The Bertz CT molecular complexity index is 443. The van der Waals surface area contributed by atoms with Gasteiger partial charge in [0, 0.05) is 15.4 Å². The zero-order valence-corrected chi connectivity index (χ0v) is 13.5. The fraction of sp³-hybridized carbons (Fsp3) is 0.462. The lowest BCUT2D eigenvalue weighted by atomic mass is 10.1. The number of hydrogen-bond acceptors (Lipinski definition) is 1. The molecule has 1 N–H and O–H groups in total. The van der Waals surface area contributed by atoms with Gasteiger partial charge >= 0.3 is 0 Å². The molecule has 0 atom stereocenters. The lowest BCUT2D eigenvalue weighted by molar-refractivity contribution is 0.0945. The van der Waals surface area contributed by atoms with E-state index >= 15 is 0 Å². The van der Waals surface area contributed by atoms with E-state index in [4.69, 9.17) is 0 Å². The number of hydrogen-bond donors (Lipinski definition) is 1. The number of halogens is 2. The molecule has 2 nitrogen and oxygen atoms in total. The third-order valence-electron chi connectivity index (χ3n) is 3.30. The molecule has 1 fully saturated rings. The van der Waals surface area contributed by atoms with Crippen molar-refractivity contribution < 1.29 is 4.79 Å². The molecule has 0 bridgehead atoms. The van der Waals surface area contributed by atoms with Crippen molar-refractivity contribution in [1.82, 2.24) is 5.32 Å². The van der Waals surface area contributed by atoms with Crippen molar-refractivity contribution in [2.24, 2.45) is 5.41 Å². The van der Waals surface area contributed by atoms with Crippen LogP contribution in [0.1, 0.15) is 28.8 Å². The summed E-state index contributed by atoms with van der Waals surface area (Å²) in [5.74, 6) is 0.0466. The third kappa shape index (κ3) is 3.02. The molecular formula is C13H15BrINO. The number of carbonyl (C=O) groups is 1. The molecule has 1 aromatic rings. The van der Waals surface area contributed by atoms with Crippen LogP contribution in [0.3, 0.4) is 0 Å². The third-order valence-corrected chi connectivity index (χ3v) is 5.92. The van der Waals surface area contributed by atoms with Crippen molar-refractivity contribution in [2.45, 2.75) is 19.8 Å². The molecule has 1 amide bonds. The number of nitrogens with one attached hydrogen (secondary N) is 1. The minimum Gasteiger partial charge on any atom is -0.351 e. The molecule has 1 aliphatic rings. The Kier molecular flexibility index (Phi) is 4.13. The van der Waals surface area contributed by atoms with Gasteiger partial charge in [0.25, 0.3) is 5.91 Å². The van der Waals surface area contributed by atoms with Crippen molar-refractivity contribution in [1.29, 1.82) is 0 Å². The van der Waals surface area contributed by atoms with Gasteiger partial charge in [-0.25, -0.2) is 0 Å². The summed E-state index contributed by atoms with van der Waals surface area (Å²) in [6.45, 7) is 2.81. The Hall–Kier alpha value is -0.100. The topological polar surface area (TPSA) is 29.1 Å². The summed E-state index contributed by atoms with van der Waals surface area (Å²) in [5, 5.41) is 4.02. The molecule has 0 heterocycles. The average Bonchev–Trinajstić information content (AvgIpc) is 3.10. The number of aryl methyl sites for hydroxylation is 1. The van der Waals surface area contributed by atoms with Crippen molar-refractivity contribution in [3.8, 4) is 0 Å². The molecule has 0 spiro atoms. The maximum absolute atomic E-state index is 12.1. The highest BCUT2D eigenvalue weighted by Gasteiger charge is 2.41. The maximum atomic E-state index is 12.1. The summed E-state index contributed by atoms with van der Waals surface area (Å²) < 4.78 is 1.05. The second-order valence-corrected chi connectivity index (χ2v) is 6.39. The average molecular weight is 408 g/mol. The summed E-state index contributed by atoms with van der Waals surface area (Å²) in [5.41, 5.74) is 2.26. The molecule has 1 aliphatic carbocycles. The fourth-order valence-corrected chi connectivity index (χ4v) is 3.08. The molecule has 17 heavy (non-hydrogen) atoms. The van der Waals surface area contributed by atoms with E-state index in [-0.39, 0.29) is 5.91 Å². The fourth-order valence-electron chi connectivity index (χ4n) is 1.72. The van der Waals surface area contributed by atoms with Gasteiger partial charge in [-0.1, -0.05) is 28.1 Å². The molecule has 0 saturated heterocycles. The maximum Gasteiger partial charge on any atom is 0.252 e. The number of alkyl halides is 1. The van der Waals surface area contributed by atoms with Crippen molar-refractivity contribution in [3.05, 3.63) is 32.9 Å². The van der Waals surface area contributed by atoms with Gasteiger partial charge < -0.3 is 5.32 Å². The van der Waals surface area contributed by atoms with Gasteiger partial charge in [-0.15, -0.1) is 0 Å². The van der Waals surface area contributed by atoms with E-state index in [2.05, 4.69) is 43.8 Å². The first-order valence-electron chi connectivity index (χ1n) is 5.67. The standard InChI is InChI=1S/C13H15BrINO/c1-9-3-2-4-10(11(9)15)12(17)16-8-13(7-14)5-6-13/h2-4H,5-8H2,1H3,(H,16,17). The highest BCUT2D eigenvalue weighted by molar-refractivity contribution is 14.1. The number of rotatable bonds is 4. The highest BCUT2D eigenvalue weighted by Crippen LogP contribution is 2.46. The van der Waals surface area contributed by atoms with Gasteiger partial charge in [0.2, 0.25) is 0 Å². The van der Waals surface area contributed by atoms with Crippen LogP contribution >= 0.6 is 38.5 Å². The van der Waals surface area contributed by atoms with E-state index in [0.29, 0.717) is 5.41 Å². The molecule has 4 heteroatoms. The first-order chi connectivity index (χ1) is 8.08. The molecule has 1 saturated carbocycles. The highest BCUT2D eigenvalue weighted by atomic mass is 127. The monoisotopic (exact) mass is 407 g/mol. The molecule has 2 rings (SSSR count). The van der Waals surface area contributed by atoms with Crippen LogP contribution in [0, 0.1) is 15.9 Å². The Balaban J connectivity index is 2.02. The molecule has 0 unspecified atom stereocenters. The molecule has 1 aromatic carbocycles. The zero-order valence-electron chi connectivity index (χ0n) is 9.72. The van der Waals surface area contributed by atoms with Crippen LogP contribution in [-0.2, 0) is 0 Å². The minimum absolute atomic E-state index is 0.0466. The van der Waals surface area contributed by atoms with Crippen LogP contribution in [0.4, 0.5) is 0 Å². The Morgan fingerprint density at radius 2 is 2.24 bits per heavy atom. The van der Waals surface area contributed by atoms with Crippen molar-refractivity contribution >= 4 is 44.4 Å². The Morgan fingerprint density at radius 1 is 1.53 bits per heavy atom. The van der Waals surface area contributed by atoms with E-state index in [1.54, 1.807) is 0 Å². The SMILES string of the molecule is Cc1cccc(C(=O)NCC2(CBr)CC2)c1I. The lowest BCUT2D eigenvalue weighted by Gasteiger charge is -2.13. The summed E-state index contributed by atoms with van der Waals surface area (Å²) in [4.78, 5) is 12.1. The predicted molar refractivity (Wildman–Crippen MR) is 81.7 cm³/mol. The second-order valence-electron chi connectivity index (χ2n) is 4.75. The molecule has 92 valence electrons. The van der Waals surface area contributed by atoms with Crippen molar-refractivity contribution in [3.63, 3.8) is 0 Å². The van der Waals surface area contributed by atoms with Crippen LogP contribution in [0.5, 0.6) is 0 Å². The quantitative estimate of drug-likeness (QED) is 0.600. The summed E-state index contributed by atoms with van der Waals surface area (Å²) in [6.07, 6.45) is 2.42. The van der Waals surface area contributed by atoms with Crippen LogP contribution in [0.25, 0.3) is 0 Å². The van der Waals surface area contributed by atoms with Crippen LogP contribution in [0.2, 0.25) is 0 Å². The van der Waals surface area contributed by atoms with Gasteiger partial charge in [-0.2, -0.15) is 0 Å². The summed E-state index contributed by atoms with van der Waals surface area (Å²) >= 11 is 5.75. The Labute approximate surface area is 124 Å². The van der Waals surface area contributed by atoms with E-state index in [9.17, 15) is 4.79 Å². The van der Waals surface area contributed by atoms with Crippen LogP contribution in [-0.4, -0.2) is 17.8 Å².